The summed E-state index contributed by atoms with van der Waals surface area (Å²) in [5.41, 5.74) is 6.90. The minimum absolute atomic E-state index is 0.0116. The van der Waals surface area contributed by atoms with Crippen LogP contribution in [0.4, 0.5) is 0 Å². The molecule has 0 aliphatic rings. The molecular weight excluding hydrogens is 230 g/mol. The second-order valence-corrected chi connectivity index (χ2v) is 6.86. The third-order valence-electron chi connectivity index (χ3n) is 2.61. The number of hydrogen-bond acceptors (Lipinski definition) is 3. The van der Waals surface area contributed by atoms with Crippen molar-refractivity contribution in [2.75, 3.05) is 12.4 Å². The van der Waals surface area contributed by atoms with Crippen LogP contribution >= 0.6 is 11.8 Å². The zero-order valence-corrected chi connectivity index (χ0v) is 12.0. The predicted molar refractivity (Wildman–Crippen MR) is 75.5 cm³/mol. The molecule has 1 rings (SSSR count). The molecule has 0 amide bonds. The first kappa shape index (κ1) is 14.6. The van der Waals surface area contributed by atoms with Crippen molar-refractivity contribution in [1.82, 2.24) is 0 Å². The Kier molecular flexibility index (Phi) is 4.64. The summed E-state index contributed by atoms with van der Waals surface area (Å²) in [7, 11) is 0. The number of hydrogen-bond donors (Lipinski definition) is 2. The second-order valence-electron chi connectivity index (χ2n) is 5.85. The van der Waals surface area contributed by atoms with Crippen molar-refractivity contribution in [2.45, 2.75) is 43.5 Å². The van der Waals surface area contributed by atoms with Crippen LogP contribution in [0, 0.1) is 0 Å². The summed E-state index contributed by atoms with van der Waals surface area (Å²) in [5, 5.41) is 9.16. The standard InChI is InChI=1S/C14H23NOS/c1-13(2,3)11-7-5-6-8-12(11)17-10-14(4,15)9-16/h5-8,16H,9-10,15H2,1-4H3. The summed E-state index contributed by atoms with van der Waals surface area (Å²) >= 11 is 1.72. The van der Waals surface area contributed by atoms with Crippen LogP contribution in [0.2, 0.25) is 0 Å². The SMILES string of the molecule is CC(N)(CO)CSc1ccccc1C(C)(C)C. The van der Waals surface area contributed by atoms with E-state index in [1.807, 2.05) is 13.0 Å². The van der Waals surface area contributed by atoms with Crippen molar-refractivity contribution < 1.29 is 5.11 Å². The second kappa shape index (κ2) is 5.42. The fourth-order valence-electron chi connectivity index (χ4n) is 1.50. The normalized spacial score (nSPS) is 15.6. The fourth-order valence-corrected chi connectivity index (χ4v) is 2.78. The molecule has 3 N–H and O–H groups in total. The molecule has 17 heavy (non-hydrogen) atoms. The Morgan fingerprint density at radius 3 is 2.29 bits per heavy atom. The molecule has 0 saturated heterocycles. The average molecular weight is 253 g/mol. The lowest BCUT2D eigenvalue weighted by molar-refractivity contribution is 0.224. The zero-order valence-electron chi connectivity index (χ0n) is 11.2. The molecule has 3 heteroatoms. The Hall–Kier alpha value is -0.510. The Balaban J connectivity index is 2.85. The van der Waals surface area contributed by atoms with Gasteiger partial charge in [-0.05, 0) is 24.0 Å². The number of aliphatic hydroxyl groups is 1. The van der Waals surface area contributed by atoms with Crippen LogP contribution < -0.4 is 5.73 Å². The van der Waals surface area contributed by atoms with Gasteiger partial charge in [-0.1, -0.05) is 39.0 Å². The highest BCUT2D eigenvalue weighted by atomic mass is 32.2. The van der Waals surface area contributed by atoms with Gasteiger partial charge >= 0.3 is 0 Å². The molecule has 0 spiro atoms. The minimum Gasteiger partial charge on any atom is -0.394 e. The van der Waals surface area contributed by atoms with Gasteiger partial charge in [0.05, 0.1) is 6.61 Å². The zero-order chi connectivity index (χ0) is 13.1. The highest BCUT2D eigenvalue weighted by Crippen LogP contribution is 2.33. The number of benzene rings is 1. The predicted octanol–water partition coefficient (Wildman–Crippen LogP) is 2.79. The van der Waals surface area contributed by atoms with Crippen LogP contribution in [-0.4, -0.2) is 23.0 Å². The van der Waals surface area contributed by atoms with E-state index in [-0.39, 0.29) is 12.0 Å². The Bertz CT molecular complexity index is 369. The first-order chi connectivity index (χ1) is 7.76. The third kappa shape index (κ3) is 4.34. The molecule has 1 unspecified atom stereocenters. The molecule has 0 bridgehead atoms. The van der Waals surface area contributed by atoms with Crippen LogP contribution in [0.3, 0.4) is 0 Å². The van der Waals surface area contributed by atoms with Crippen LogP contribution in [0.1, 0.15) is 33.3 Å². The van der Waals surface area contributed by atoms with Crippen molar-refractivity contribution in [3.63, 3.8) is 0 Å². The van der Waals surface area contributed by atoms with E-state index in [2.05, 4.69) is 39.0 Å². The first-order valence-corrected chi connectivity index (χ1v) is 6.87. The van der Waals surface area contributed by atoms with Gasteiger partial charge in [0, 0.05) is 16.2 Å². The maximum absolute atomic E-state index is 9.16. The van der Waals surface area contributed by atoms with Gasteiger partial charge in [0.15, 0.2) is 0 Å². The molecule has 1 atom stereocenters. The van der Waals surface area contributed by atoms with Crippen LogP contribution in [0.15, 0.2) is 29.2 Å². The topological polar surface area (TPSA) is 46.2 Å². The fraction of sp³-hybridized carbons (Fsp3) is 0.571. The molecule has 0 aromatic heterocycles. The monoisotopic (exact) mass is 253 g/mol. The van der Waals surface area contributed by atoms with Gasteiger partial charge in [-0.2, -0.15) is 0 Å². The van der Waals surface area contributed by atoms with E-state index in [1.54, 1.807) is 11.8 Å². The molecule has 0 saturated carbocycles. The number of nitrogens with two attached hydrogens (primary N) is 1. The van der Waals surface area contributed by atoms with Gasteiger partial charge in [0.25, 0.3) is 0 Å². The van der Waals surface area contributed by atoms with Gasteiger partial charge in [0.1, 0.15) is 0 Å². The van der Waals surface area contributed by atoms with Gasteiger partial charge in [0.2, 0.25) is 0 Å². The lowest BCUT2D eigenvalue weighted by Crippen LogP contribution is -2.42. The van der Waals surface area contributed by atoms with Crippen molar-refractivity contribution in [3.05, 3.63) is 29.8 Å². The molecule has 0 fully saturated rings. The van der Waals surface area contributed by atoms with E-state index in [0.717, 1.165) is 5.75 Å². The summed E-state index contributed by atoms with van der Waals surface area (Å²) < 4.78 is 0. The van der Waals surface area contributed by atoms with Gasteiger partial charge < -0.3 is 10.8 Å². The van der Waals surface area contributed by atoms with Crippen molar-refractivity contribution >= 4 is 11.8 Å². The van der Waals surface area contributed by atoms with E-state index in [1.165, 1.54) is 10.5 Å². The number of aliphatic hydroxyl groups excluding tert-OH is 1. The lowest BCUT2D eigenvalue weighted by atomic mass is 9.87. The molecule has 0 aliphatic heterocycles. The van der Waals surface area contributed by atoms with Crippen molar-refractivity contribution in [1.29, 1.82) is 0 Å². The summed E-state index contributed by atoms with van der Waals surface area (Å²) in [6, 6.07) is 8.40. The molecule has 2 nitrogen and oxygen atoms in total. The van der Waals surface area contributed by atoms with E-state index in [9.17, 15) is 0 Å². The van der Waals surface area contributed by atoms with Crippen LogP contribution in [0.5, 0.6) is 0 Å². The Morgan fingerprint density at radius 2 is 1.76 bits per heavy atom. The van der Waals surface area contributed by atoms with Crippen molar-refractivity contribution in [3.8, 4) is 0 Å². The summed E-state index contributed by atoms with van der Waals surface area (Å²) in [5.74, 6) is 0.719. The molecular formula is C14H23NOS. The molecule has 96 valence electrons. The van der Waals surface area contributed by atoms with Crippen LogP contribution in [0.25, 0.3) is 0 Å². The summed E-state index contributed by atoms with van der Waals surface area (Å²) in [4.78, 5) is 1.25. The summed E-state index contributed by atoms with van der Waals surface area (Å²) in [6.45, 7) is 8.51. The van der Waals surface area contributed by atoms with E-state index < -0.39 is 5.54 Å². The lowest BCUT2D eigenvalue weighted by Gasteiger charge is -2.25. The van der Waals surface area contributed by atoms with Crippen molar-refractivity contribution in [2.24, 2.45) is 5.73 Å². The molecule has 0 aliphatic carbocycles. The summed E-state index contributed by atoms with van der Waals surface area (Å²) in [6.07, 6.45) is 0. The highest BCUT2D eigenvalue weighted by molar-refractivity contribution is 7.99. The average Bonchev–Trinajstić information content (AvgIpc) is 2.26. The van der Waals surface area contributed by atoms with Crippen LogP contribution in [-0.2, 0) is 5.41 Å². The van der Waals surface area contributed by atoms with Gasteiger partial charge in [-0.15, -0.1) is 11.8 Å². The molecule has 1 aromatic carbocycles. The maximum atomic E-state index is 9.16. The maximum Gasteiger partial charge on any atom is 0.0616 e. The Labute approximate surface area is 109 Å². The van der Waals surface area contributed by atoms with E-state index >= 15 is 0 Å². The largest absolute Gasteiger partial charge is 0.394 e. The van der Waals surface area contributed by atoms with Gasteiger partial charge in [-0.25, -0.2) is 0 Å². The highest BCUT2D eigenvalue weighted by Gasteiger charge is 2.21. The Morgan fingerprint density at radius 1 is 1.18 bits per heavy atom. The first-order valence-electron chi connectivity index (χ1n) is 5.88. The molecule has 0 heterocycles. The van der Waals surface area contributed by atoms with E-state index in [0.29, 0.717) is 0 Å². The smallest absolute Gasteiger partial charge is 0.0616 e. The third-order valence-corrected chi connectivity index (χ3v) is 4.08. The number of rotatable bonds is 4. The molecule has 0 radical (unpaired) electrons. The van der Waals surface area contributed by atoms with Gasteiger partial charge in [-0.3, -0.25) is 0 Å². The minimum atomic E-state index is -0.518. The number of thioether (sulfide) groups is 1. The molecule has 1 aromatic rings. The van der Waals surface area contributed by atoms with E-state index in [4.69, 9.17) is 10.8 Å². The quantitative estimate of drug-likeness (QED) is 0.811.